The molecule has 0 amide bonds. The van der Waals surface area contributed by atoms with Gasteiger partial charge in [-0.3, -0.25) is 4.79 Å². The first-order valence-corrected chi connectivity index (χ1v) is 6.30. The second kappa shape index (κ2) is 3.36. The fraction of sp³-hybridized carbons (Fsp3) is 0.917. The van der Waals surface area contributed by atoms with Gasteiger partial charge in [0, 0.05) is 11.8 Å². The normalized spacial score (nSPS) is 44.7. The van der Waals surface area contributed by atoms with Gasteiger partial charge in [0.05, 0.1) is 0 Å². The van der Waals surface area contributed by atoms with Gasteiger partial charge in [0.15, 0.2) is 0 Å². The summed E-state index contributed by atoms with van der Waals surface area (Å²) in [6.45, 7) is 6.32. The molecule has 2 aliphatic rings. The summed E-state index contributed by atoms with van der Waals surface area (Å²) in [5.74, 6) is -1.64. The van der Waals surface area contributed by atoms with E-state index in [1.807, 2.05) is 6.92 Å². The van der Waals surface area contributed by atoms with Crippen LogP contribution in [0.25, 0.3) is 0 Å². The molecule has 0 aromatic rings. The molecule has 1 N–H and O–H groups in total. The molecule has 92 valence electrons. The van der Waals surface area contributed by atoms with Gasteiger partial charge >= 0.3 is 5.97 Å². The highest BCUT2D eigenvalue weighted by Gasteiger charge is 2.70. The lowest BCUT2D eigenvalue weighted by atomic mass is 9.68. The van der Waals surface area contributed by atoms with Crippen molar-refractivity contribution in [2.45, 2.75) is 45.8 Å². The van der Waals surface area contributed by atoms with E-state index in [0.29, 0.717) is 12.3 Å². The van der Waals surface area contributed by atoms with E-state index in [4.69, 9.17) is 16.3 Å². The van der Waals surface area contributed by atoms with Crippen LogP contribution < -0.4 is 0 Å². The molecule has 2 aliphatic carbocycles. The van der Waals surface area contributed by atoms with Crippen molar-refractivity contribution in [2.24, 2.45) is 16.7 Å². The Morgan fingerprint density at radius 2 is 2.12 bits per heavy atom. The van der Waals surface area contributed by atoms with E-state index < -0.39 is 11.8 Å². The predicted octanol–water partition coefficient (Wildman–Crippen LogP) is 2.30. The van der Waals surface area contributed by atoms with Crippen LogP contribution in [0, 0.1) is 16.7 Å². The molecule has 2 fully saturated rings. The molecule has 3 atom stereocenters. The summed E-state index contributed by atoms with van der Waals surface area (Å²) >= 11 is 5.43. The fourth-order valence-electron chi connectivity index (χ4n) is 3.58. The van der Waals surface area contributed by atoms with Crippen molar-refractivity contribution in [2.75, 3.05) is 5.88 Å². The molecular weight excluding hydrogens is 228 g/mol. The molecule has 0 radical (unpaired) electrons. The van der Waals surface area contributed by atoms with Crippen LogP contribution in [-0.2, 0) is 9.53 Å². The third-order valence-electron chi connectivity index (χ3n) is 5.21. The maximum absolute atomic E-state index is 11.3. The molecule has 4 heteroatoms. The van der Waals surface area contributed by atoms with Crippen molar-refractivity contribution in [3.05, 3.63) is 0 Å². The lowest BCUT2D eigenvalue weighted by molar-refractivity contribution is -0.259. The van der Waals surface area contributed by atoms with Gasteiger partial charge in [-0.15, -0.1) is 11.6 Å². The molecule has 0 aromatic carbocycles. The first-order valence-electron chi connectivity index (χ1n) is 5.77. The van der Waals surface area contributed by atoms with Crippen LogP contribution in [0.3, 0.4) is 0 Å². The zero-order valence-corrected chi connectivity index (χ0v) is 10.8. The second-order valence-corrected chi connectivity index (χ2v) is 6.15. The summed E-state index contributed by atoms with van der Waals surface area (Å²) in [6.07, 6.45) is 2.54. The number of fused-ring (bicyclic) bond motifs is 2. The number of alkyl halides is 1. The van der Waals surface area contributed by atoms with Crippen LogP contribution >= 0.6 is 11.6 Å². The van der Waals surface area contributed by atoms with Crippen LogP contribution in [0.1, 0.15) is 40.0 Å². The maximum atomic E-state index is 11.3. The zero-order valence-electron chi connectivity index (χ0n) is 10.0. The topological polar surface area (TPSA) is 46.5 Å². The number of halogens is 1. The van der Waals surface area contributed by atoms with Gasteiger partial charge < -0.3 is 9.84 Å². The molecule has 2 rings (SSSR count). The summed E-state index contributed by atoms with van der Waals surface area (Å²) in [5, 5.41) is 10.6. The Hall–Kier alpha value is -0.280. The molecule has 0 saturated heterocycles. The first-order chi connectivity index (χ1) is 7.27. The van der Waals surface area contributed by atoms with Crippen molar-refractivity contribution in [1.29, 1.82) is 0 Å². The average molecular weight is 247 g/mol. The second-order valence-electron chi connectivity index (χ2n) is 5.89. The van der Waals surface area contributed by atoms with Crippen LogP contribution in [-0.4, -0.2) is 22.7 Å². The smallest absolute Gasteiger partial charge is 0.323 e. The van der Waals surface area contributed by atoms with E-state index in [-0.39, 0.29) is 16.7 Å². The molecule has 0 heterocycles. The maximum Gasteiger partial charge on any atom is 0.323 e. The number of hydrogen-bond donors (Lipinski definition) is 1. The molecule has 2 bridgehead atoms. The third kappa shape index (κ3) is 1.28. The van der Waals surface area contributed by atoms with E-state index in [2.05, 4.69) is 13.8 Å². The van der Waals surface area contributed by atoms with Crippen molar-refractivity contribution < 1.29 is 14.6 Å². The van der Waals surface area contributed by atoms with Gasteiger partial charge in [-0.2, -0.15) is 0 Å². The Morgan fingerprint density at radius 1 is 1.50 bits per heavy atom. The summed E-state index contributed by atoms with van der Waals surface area (Å²) in [7, 11) is 0. The van der Waals surface area contributed by atoms with Gasteiger partial charge in [-0.1, -0.05) is 20.8 Å². The largest absolute Gasteiger partial charge is 0.432 e. The van der Waals surface area contributed by atoms with E-state index in [9.17, 15) is 9.90 Å². The molecule has 3 nitrogen and oxygen atoms in total. The number of esters is 1. The van der Waals surface area contributed by atoms with Gasteiger partial charge in [-0.05, 0) is 24.2 Å². The summed E-state index contributed by atoms with van der Waals surface area (Å²) in [5.41, 5.74) is -0.346. The van der Waals surface area contributed by atoms with E-state index in [0.717, 1.165) is 12.8 Å². The van der Waals surface area contributed by atoms with Crippen molar-refractivity contribution >= 4 is 17.6 Å². The molecule has 2 saturated carbocycles. The van der Waals surface area contributed by atoms with Gasteiger partial charge in [0.25, 0.3) is 0 Å². The number of carbonyl (C=O) groups is 1. The molecule has 0 unspecified atom stereocenters. The first kappa shape index (κ1) is 12.2. The highest BCUT2D eigenvalue weighted by atomic mass is 35.5. The minimum Gasteiger partial charge on any atom is -0.432 e. The standard InChI is InChI=1S/C12H19ClO3/c1-10(2)8-4-5-11(10,3)12(15,6-8)16-9(14)7-13/h8,15H,4-7H2,1-3H3/t8-,11-,12-/m1/s1. The van der Waals surface area contributed by atoms with Crippen LogP contribution in [0.4, 0.5) is 0 Å². The SMILES string of the molecule is CC1(C)[C@@H]2CC[C@@]1(C)[C@](O)(OC(=O)CCl)C2. The van der Waals surface area contributed by atoms with Crippen molar-refractivity contribution in [3.8, 4) is 0 Å². The number of aliphatic hydroxyl groups is 1. The highest BCUT2D eigenvalue weighted by molar-refractivity contribution is 6.26. The lowest BCUT2D eigenvalue weighted by Gasteiger charge is -2.43. The van der Waals surface area contributed by atoms with E-state index >= 15 is 0 Å². The van der Waals surface area contributed by atoms with Crippen molar-refractivity contribution in [3.63, 3.8) is 0 Å². The fourth-order valence-corrected chi connectivity index (χ4v) is 3.64. The highest BCUT2D eigenvalue weighted by Crippen LogP contribution is 2.69. The Labute approximate surface area is 101 Å². The quantitative estimate of drug-likeness (QED) is 0.462. The molecule has 0 aromatic heterocycles. The number of rotatable bonds is 2. The number of carbonyl (C=O) groups excluding carboxylic acids is 1. The molecular formula is C12H19ClO3. The number of ether oxygens (including phenoxy) is 1. The zero-order chi connectivity index (χ0) is 12.2. The summed E-state index contributed by atoms with van der Waals surface area (Å²) in [4.78, 5) is 11.3. The molecule has 16 heavy (non-hydrogen) atoms. The summed E-state index contributed by atoms with van der Waals surface area (Å²) < 4.78 is 5.21. The van der Waals surface area contributed by atoms with E-state index in [1.165, 1.54) is 0 Å². The van der Waals surface area contributed by atoms with Crippen LogP contribution in [0.15, 0.2) is 0 Å². The minimum absolute atomic E-state index is 0.00828. The van der Waals surface area contributed by atoms with Crippen molar-refractivity contribution in [1.82, 2.24) is 0 Å². The van der Waals surface area contributed by atoms with Crippen LogP contribution in [0.5, 0.6) is 0 Å². The van der Waals surface area contributed by atoms with Crippen LogP contribution in [0.2, 0.25) is 0 Å². The summed E-state index contributed by atoms with van der Waals surface area (Å²) in [6, 6.07) is 0. The third-order valence-corrected chi connectivity index (χ3v) is 5.43. The van der Waals surface area contributed by atoms with Gasteiger partial charge in [0.1, 0.15) is 5.88 Å². The Bertz CT molecular complexity index is 328. The monoisotopic (exact) mass is 246 g/mol. The Balaban J connectivity index is 2.29. The molecule has 0 aliphatic heterocycles. The average Bonchev–Trinajstić information content (AvgIpc) is 2.49. The Morgan fingerprint density at radius 3 is 2.50 bits per heavy atom. The molecule has 0 spiro atoms. The number of hydrogen-bond acceptors (Lipinski definition) is 3. The predicted molar refractivity (Wildman–Crippen MR) is 61.0 cm³/mol. The van der Waals surface area contributed by atoms with Gasteiger partial charge in [0.2, 0.25) is 5.79 Å². The lowest BCUT2D eigenvalue weighted by Crippen LogP contribution is -2.50. The Kier molecular flexibility index (Phi) is 2.56. The minimum atomic E-state index is -1.33. The van der Waals surface area contributed by atoms with Gasteiger partial charge in [-0.25, -0.2) is 0 Å². The van der Waals surface area contributed by atoms with E-state index in [1.54, 1.807) is 0 Å².